The Hall–Kier alpha value is -2.34. The van der Waals surface area contributed by atoms with Crippen LogP contribution in [0.1, 0.15) is 12.1 Å². The van der Waals surface area contributed by atoms with Crippen molar-refractivity contribution in [1.29, 1.82) is 0 Å². The fourth-order valence-corrected chi connectivity index (χ4v) is 2.15. The number of nitrogens with zero attached hydrogens (tertiary/aromatic N) is 2. The summed E-state index contributed by atoms with van der Waals surface area (Å²) in [5, 5.41) is 3.86. The van der Waals surface area contributed by atoms with Gasteiger partial charge in [0.05, 0.1) is 24.4 Å². The Labute approximate surface area is 116 Å². The number of fused-ring (bicyclic) bond motifs is 1. The van der Waals surface area contributed by atoms with Gasteiger partial charge in [0, 0.05) is 25.2 Å². The van der Waals surface area contributed by atoms with Crippen LogP contribution in [-0.2, 0) is 11.3 Å². The molecule has 6 nitrogen and oxygen atoms in total. The summed E-state index contributed by atoms with van der Waals surface area (Å²) >= 11 is 0. The molecule has 1 aliphatic rings. The van der Waals surface area contributed by atoms with Crippen LogP contribution in [0, 0.1) is 0 Å². The summed E-state index contributed by atoms with van der Waals surface area (Å²) in [6.45, 7) is 0.727. The smallest absolute Gasteiger partial charge is 0.230 e. The van der Waals surface area contributed by atoms with E-state index < -0.39 is 0 Å². The van der Waals surface area contributed by atoms with Crippen LogP contribution >= 0.6 is 0 Å². The molecule has 0 saturated heterocycles. The predicted molar refractivity (Wildman–Crippen MR) is 73.4 cm³/mol. The Morgan fingerprint density at radius 1 is 1.40 bits per heavy atom. The van der Waals surface area contributed by atoms with E-state index in [0.717, 1.165) is 11.3 Å². The van der Waals surface area contributed by atoms with Gasteiger partial charge in [-0.3, -0.25) is 4.79 Å². The zero-order chi connectivity index (χ0) is 14.1. The van der Waals surface area contributed by atoms with E-state index in [4.69, 9.17) is 15.0 Å². The molecule has 2 N–H and O–H groups in total. The van der Waals surface area contributed by atoms with Gasteiger partial charge >= 0.3 is 0 Å². The highest BCUT2D eigenvalue weighted by Crippen LogP contribution is 2.35. The van der Waals surface area contributed by atoms with E-state index >= 15 is 0 Å². The van der Waals surface area contributed by atoms with Crippen molar-refractivity contribution in [2.75, 3.05) is 18.6 Å². The van der Waals surface area contributed by atoms with Crippen molar-refractivity contribution in [3.8, 4) is 17.1 Å². The maximum Gasteiger partial charge on any atom is 0.230 e. The Morgan fingerprint density at radius 2 is 2.25 bits per heavy atom. The first-order chi connectivity index (χ1) is 9.69. The third kappa shape index (κ3) is 2.14. The van der Waals surface area contributed by atoms with Gasteiger partial charge in [-0.1, -0.05) is 5.16 Å². The molecule has 0 bridgehead atoms. The molecule has 1 aromatic heterocycles. The van der Waals surface area contributed by atoms with E-state index in [1.54, 1.807) is 18.0 Å². The lowest BCUT2D eigenvalue weighted by Crippen LogP contribution is -2.25. The first-order valence-corrected chi connectivity index (χ1v) is 6.38. The standard InChI is InChI=1S/C14H15N3O3/c1-17-11-6-9(13-7-10(8-15)16-20-13)2-3-12(11)19-5-4-14(17)18/h2-3,6-7H,4-5,8,15H2,1H3. The molecule has 6 heteroatoms. The summed E-state index contributed by atoms with van der Waals surface area (Å²) in [5.41, 5.74) is 7.77. The van der Waals surface area contributed by atoms with Gasteiger partial charge in [0.2, 0.25) is 5.91 Å². The molecular weight excluding hydrogens is 258 g/mol. The van der Waals surface area contributed by atoms with Crippen molar-refractivity contribution in [2.45, 2.75) is 13.0 Å². The van der Waals surface area contributed by atoms with Crippen LogP contribution in [-0.4, -0.2) is 24.7 Å². The van der Waals surface area contributed by atoms with Crippen molar-refractivity contribution >= 4 is 11.6 Å². The summed E-state index contributed by atoms with van der Waals surface area (Å²) in [7, 11) is 1.74. The molecule has 0 fully saturated rings. The van der Waals surface area contributed by atoms with E-state index in [-0.39, 0.29) is 5.91 Å². The Kier molecular flexibility index (Phi) is 3.15. The number of rotatable bonds is 2. The minimum absolute atomic E-state index is 0.0288. The zero-order valence-corrected chi connectivity index (χ0v) is 11.1. The number of nitrogens with two attached hydrogens (primary N) is 1. The highest BCUT2D eigenvalue weighted by Gasteiger charge is 2.21. The minimum atomic E-state index is 0.0288. The summed E-state index contributed by atoms with van der Waals surface area (Å²) in [6, 6.07) is 7.37. The van der Waals surface area contributed by atoms with Crippen molar-refractivity contribution in [1.82, 2.24) is 5.16 Å². The molecule has 1 aromatic carbocycles. The Morgan fingerprint density at radius 3 is 3.00 bits per heavy atom. The second-order valence-corrected chi connectivity index (χ2v) is 4.62. The average molecular weight is 273 g/mol. The summed E-state index contributed by atoms with van der Waals surface area (Å²) in [5.74, 6) is 1.35. The number of ether oxygens (including phenoxy) is 1. The van der Waals surface area contributed by atoms with Crippen LogP contribution in [0.25, 0.3) is 11.3 Å². The van der Waals surface area contributed by atoms with Crippen LogP contribution in [0.5, 0.6) is 5.75 Å². The highest BCUT2D eigenvalue weighted by molar-refractivity contribution is 5.95. The van der Waals surface area contributed by atoms with Crippen molar-refractivity contribution in [3.05, 3.63) is 30.0 Å². The molecule has 2 aromatic rings. The first kappa shape index (κ1) is 12.7. The molecule has 0 radical (unpaired) electrons. The van der Waals surface area contributed by atoms with Gasteiger partial charge < -0.3 is 19.9 Å². The minimum Gasteiger partial charge on any atom is -0.491 e. The molecule has 104 valence electrons. The fourth-order valence-electron chi connectivity index (χ4n) is 2.15. The molecule has 0 saturated carbocycles. The van der Waals surface area contributed by atoms with E-state index in [0.29, 0.717) is 36.8 Å². The second-order valence-electron chi connectivity index (χ2n) is 4.62. The number of carbonyl (C=O) groups is 1. The van der Waals surface area contributed by atoms with E-state index in [1.807, 2.05) is 18.2 Å². The third-order valence-electron chi connectivity index (χ3n) is 3.32. The molecule has 2 heterocycles. The van der Waals surface area contributed by atoms with Crippen LogP contribution in [0.3, 0.4) is 0 Å². The number of carbonyl (C=O) groups excluding carboxylic acids is 1. The molecule has 20 heavy (non-hydrogen) atoms. The molecule has 0 unspecified atom stereocenters. The maximum atomic E-state index is 11.9. The van der Waals surface area contributed by atoms with E-state index in [2.05, 4.69) is 5.16 Å². The van der Waals surface area contributed by atoms with Crippen molar-refractivity contribution in [2.24, 2.45) is 5.73 Å². The molecule has 0 spiro atoms. The van der Waals surface area contributed by atoms with Crippen molar-refractivity contribution < 1.29 is 14.1 Å². The number of benzene rings is 1. The highest BCUT2D eigenvalue weighted by atomic mass is 16.5. The molecule has 1 aliphatic heterocycles. The molecule has 0 atom stereocenters. The lowest BCUT2D eigenvalue weighted by atomic mass is 10.1. The van der Waals surface area contributed by atoms with Crippen LogP contribution in [0.4, 0.5) is 5.69 Å². The second kappa shape index (κ2) is 4.97. The maximum absolute atomic E-state index is 11.9. The molecule has 3 rings (SSSR count). The largest absolute Gasteiger partial charge is 0.491 e. The molecule has 0 aliphatic carbocycles. The first-order valence-electron chi connectivity index (χ1n) is 6.38. The molecular formula is C14H15N3O3. The summed E-state index contributed by atoms with van der Waals surface area (Å²) in [4.78, 5) is 13.5. The number of amides is 1. The van der Waals surface area contributed by atoms with Gasteiger partial charge in [-0.15, -0.1) is 0 Å². The number of hydrogen-bond donors (Lipinski definition) is 1. The van der Waals surface area contributed by atoms with Gasteiger partial charge in [-0.2, -0.15) is 0 Å². The summed E-state index contributed by atoms with van der Waals surface area (Å²) in [6.07, 6.45) is 0.375. The number of anilines is 1. The lowest BCUT2D eigenvalue weighted by molar-refractivity contribution is -0.118. The normalized spacial score (nSPS) is 14.7. The van der Waals surface area contributed by atoms with Gasteiger partial charge in [0.25, 0.3) is 0 Å². The van der Waals surface area contributed by atoms with E-state index in [1.165, 1.54) is 0 Å². The SMILES string of the molecule is CN1C(=O)CCOc2ccc(-c3cc(CN)no3)cc21. The van der Waals surface area contributed by atoms with Crippen LogP contribution in [0.15, 0.2) is 28.8 Å². The monoisotopic (exact) mass is 273 g/mol. The zero-order valence-electron chi connectivity index (χ0n) is 11.1. The van der Waals surface area contributed by atoms with Gasteiger partial charge in [-0.25, -0.2) is 0 Å². The predicted octanol–water partition coefficient (Wildman–Crippen LogP) is 1.55. The fraction of sp³-hybridized carbons (Fsp3) is 0.286. The van der Waals surface area contributed by atoms with Crippen molar-refractivity contribution in [3.63, 3.8) is 0 Å². The van der Waals surface area contributed by atoms with Gasteiger partial charge in [-0.05, 0) is 18.2 Å². The van der Waals surface area contributed by atoms with Gasteiger partial charge in [0.15, 0.2) is 5.76 Å². The quantitative estimate of drug-likeness (QED) is 0.897. The number of hydrogen-bond acceptors (Lipinski definition) is 5. The lowest BCUT2D eigenvalue weighted by Gasteiger charge is -2.16. The average Bonchev–Trinajstić information content (AvgIpc) is 2.90. The van der Waals surface area contributed by atoms with Crippen LogP contribution < -0.4 is 15.4 Å². The Bertz CT molecular complexity index is 651. The molecule has 1 amide bonds. The number of aromatic nitrogens is 1. The Balaban J connectivity index is 2.03. The van der Waals surface area contributed by atoms with E-state index in [9.17, 15) is 4.79 Å². The van der Waals surface area contributed by atoms with Gasteiger partial charge in [0.1, 0.15) is 5.75 Å². The third-order valence-corrected chi connectivity index (χ3v) is 3.32. The topological polar surface area (TPSA) is 81.6 Å². The van der Waals surface area contributed by atoms with Crippen LogP contribution in [0.2, 0.25) is 0 Å². The summed E-state index contributed by atoms with van der Waals surface area (Å²) < 4.78 is 10.8.